The highest BCUT2D eigenvalue weighted by molar-refractivity contribution is 7.90. The monoisotopic (exact) mass is 314 g/mol. The summed E-state index contributed by atoms with van der Waals surface area (Å²) in [6, 6.07) is 15.4. The third-order valence-electron chi connectivity index (χ3n) is 3.26. The molecule has 0 bridgehead atoms. The van der Waals surface area contributed by atoms with Crippen LogP contribution in [0.2, 0.25) is 0 Å². The first-order valence-electron chi connectivity index (χ1n) is 6.61. The molecular weight excluding hydrogens is 300 g/mol. The number of rotatable bonds is 4. The van der Waals surface area contributed by atoms with Gasteiger partial charge in [-0.2, -0.15) is 0 Å². The minimum Gasteiger partial charge on any atom is -0.497 e. The first kappa shape index (κ1) is 14.3. The van der Waals surface area contributed by atoms with Gasteiger partial charge in [0.15, 0.2) is 5.82 Å². The van der Waals surface area contributed by atoms with Crippen LogP contribution in [0.1, 0.15) is 0 Å². The molecule has 6 heteroatoms. The second-order valence-electron chi connectivity index (χ2n) is 4.59. The van der Waals surface area contributed by atoms with Crippen molar-refractivity contribution in [1.82, 2.24) is 8.96 Å². The van der Waals surface area contributed by atoms with Gasteiger partial charge in [0, 0.05) is 18.0 Å². The number of hydrogen-bond donors (Lipinski definition) is 0. The van der Waals surface area contributed by atoms with Gasteiger partial charge in [0.2, 0.25) is 0 Å². The molecule has 0 N–H and O–H groups in total. The van der Waals surface area contributed by atoms with Crippen molar-refractivity contribution in [3.63, 3.8) is 0 Å². The van der Waals surface area contributed by atoms with Gasteiger partial charge in [0.05, 0.1) is 12.0 Å². The van der Waals surface area contributed by atoms with Gasteiger partial charge >= 0.3 is 0 Å². The summed E-state index contributed by atoms with van der Waals surface area (Å²) in [7, 11) is -2.09. The third-order valence-corrected chi connectivity index (χ3v) is 4.94. The molecule has 2 aromatic carbocycles. The van der Waals surface area contributed by atoms with Crippen molar-refractivity contribution in [2.45, 2.75) is 4.90 Å². The van der Waals surface area contributed by atoms with Crippen LogP contribution in [0.5, 0.6) is 5.75 Å². The van der Waals surface area contributed by atoms with Crippen molar-refractivity contribution >= 4 is 10.0 Å². The van der Waals surface area contributed by atoms with E-state index in [0.29, 0.717) is 17.1 Å². The lowest BCUT2D eigenvalue weighted by Crippen LogP contribution is -2.13. The highest BCUT2D eigenvalue weighted by Crippen LogP contribution is 2.24. The van der Waals surface area contributed by atoms with Gasteiger partial charge in [0.25, 0.3) is 10.0 Å². The van der Waals surface area contributed by atoms with Crippen LogP contribution in [-0.4, -0.2) is 24.5 Å². The van der Waals surface area contributed by atoms with E-state index in [2.05, 4.69) is 4.98 Å². The van der Waals surface area contributed by atoms with Crippen LogP contribution in [0.3, 0.4) is 0 Å². The number of ether oxygens (including phenoxy) is 1. The molecule has 0 spiro atoms. The summed E-state index contributed by atoms with van der Waals surface area (Å²) in [4.78, 5) is 4.40. The van der Waals surface area contributed by atoms with Gasteiger partial charge in [-0.25, -0.2) is 17.4 Å². The molecule has 112 valence electrons. The van der Waals surface area contributed by atoms with Gasteiger partial charge in [-0.05, 0) is 36.4 Å². The Hall–Kier alpha value is -2.60. The van der Waals surface area contributed by atoms with Gasteiger partial charge in [-0.15, -0.1) is 0 Å². The number of imidazole rings is 1. The first-order chi connectivity index (χ1) is 10.6. The maximum absolute atomic E-state index is 12.7. The second-order valence-corrected chi connectivity index (χ2v) is 6.41. The highest BCUT2D eigenvalue weighted by Gasteiger charge is 2.20. The number of nitrogens with zero attached hydrogens (tertiary/aromatic N) is 2. The summed E-state index contributed by atoms with van der Waals surface area (Å²) in [5.74, 6) is 1.07. The van der Waals surface area contributed by atoms with Gasteiger partial charge in [-0.1, -0.05) is 18.2 Å². The Bertz CT molecular complexity index is 869. The molecule has 0 saturated carbocycles. The Balaban J connectivity index is 2.09. The number of methoxy groups -OCH3 is 1. The van der Waals surface area contributed by atoms with E-state index in [1.807, 2.05) is 0 Å². The summed E-state index contributed by atoms with van der Waals surface area (Å²) in [5, 5.41) is 0. The van der Waals surface area contributed by atoms with E-state index in [-0.39, 0.29) is 4.90 Å². The molecule has 1 heterocycles. The van der Waals surface area contributed by atoms with E-state index in [1.54, 1.807) is 61.7 Å². The maximum atomic E-state index is 12.7. The van der Waals surface area contributed by atoms with Crippen LogP contribution in [0, 0.1) is 0 Å². The molecule has 0 aliphatic rings. The smallest absolute Gasteiger partial charge is 0.269 e. The standard InChI is InChI=1S/C16H14N2O3S/c1-21-14-9-7-13(8-10-14)16-17-11-12-18(16)22(19,20)15-5-3-2-4-6-15/h2-12H,1H3. The minimum atomic E-state index is -3.67. The molecule has 0 aliphatic heterocycles. The van der Waals surface area contributed by atoms with Gasteiger partial charge in [-0.3, -0.25) is 0 Å². The van der Waals surface area contributed by atoms with Crippen LogP contribution >= 0.6 is 0 Å². The molecule has 0 radical (unpaired) electrons. The zero-order valence-corrected chi connectivity index (χ0v) is 12.7. The van der Waals surface area contributed by atoms with Crippen molar-refractivity contribution < 1.29 is 13.2 Å². The molecule has 0 fully saturated rings. The predicted octanol–water partition coefficient (Wildman–Crippen LogP) is 2.80. The van der Waals surface area contributed by atoms with Crippen molar-refractivity contribution in [3.05, 3.63) is 67.0 Å². The largest absolute Gasteiger partial charge is 0.497 e. The van der Waals surface area contributed by atoms with Crippen LogP contribution in [0.15, 0.2) is 71.9 Å². The summed E-state index contributed by atoms with van der Waals surface area (Å²) in [6.07, 6.45) is 2.92. The summed E-state index contributed by atoms with van der Waals surface area (Å²) < 4.78 is 31.7. The molecule has 3 aromatic rings. The Morgan fingerprint density at radius 3 is 2.32 bits per heavy atom. The fraction of sp³-hybridized carbons (Fsp3) is 0.0625. The Kier molecular flexibility index (Phi) is 3.68. The minimum absolute atomic E-state index is 0.225. The van der Waals surface area contributed by atoms with E-state index < -0.39 is 10.0 Å². The van der Waals surface area contributed by atoms with E-state index in [0.717, 1.165) is 0 Å². The molecular formula is C16H14N2O3S. The predicted molar refractivity (Wildman–Crippen MR) is 83.2 cm³/mol. The fourth-order valence-corrected chi connectivity index (χ4v) is 3.46. The fourth-order valence-electron chi connectivity index (χ4n) is 2.13. The molecule has 0 atom stereocenters. The molecule has 3 rings (SSSR count). The highest BCUT2D eigenvalue weighted by atomic mass is 32.2. The second kappa shape index (κ2) is 5.65. The summed E-state index contributed by atoms with van der Waals surface area (Å²) in [5.41, 5.74) is 0.699. The zero-order valence-electron chi connectivity index (χ0n) is 11.9. The van der Waals surface area contributed by atoms with Crippen LogP contribution in [-0.2, 0) is 10.0 Å². The molecule has 0 aliphatic carbocycles. The Morgan fingerprint density at radius 2 is 1.68 bits per heavy atom. The van der Waals surface area contributed by atoms with E-state index >= 15 is 0 Å². The summed E-state index contributed by atoms with van der Waals surface area (Å²) in [6.45, 7) is 0. The topological polar surface area (TPSA) is 61.2 Å². The van der Waals surface area contributed by atoms with E-state index in [9.17, 15) is 8.42 Å². The van der Waals surface area contributed by atoms with E-state index in [4.69, 9.17) is 4.74 Å². The van der Waals surface area contributed by atoms with Crippen molar-refractivity contribution in [2.24, 2.45) is 0 Å². The Morgan fingerprint density at radius 1 is 1.00 bits per heavy atom. The number of hydrogen-bond acceptors (Lipinski definition) is 4. The average molecular weight is 314 g/mol. The van der Waals surface area contributed by atoms with Crippen LogP contribution in [0.25, 0.3) is 11.4 Å². The molecule has 1 aromatic heterocycles. The number of aromatic nitrogens is 2. The van der Waals surface area contributed by atoms with Crippen molar-refractivity contribution in [3.8, 4) is 17.1 Å². The first-order valence-corrected chi connectivity index (χ1v) is 8.05. The maximum Gasteiger partial charge on any atom is 0.269 e. The lowest BCUT2D eigenvalue weighted by molar-refractivity contribution is 0.415. The quantitative estimate of drug-likeness (QED) is 0.743. The molecule has 22 heavy (non-hydrogen) atoms. The van der Waals surface area contributed by atoms with Gasteiger partial charge < -0.3 is 4.74 Å². The normalized spacial score (nSPS) is 11.3. The summed E-state index contributed by atoms with van der Waals surface area (Å²) >= 11 is 0. The van der Waals surface area contributed by atoms with Crippen LogP contribution < -0.4 is 4.74 Å². The average Bonchev–Trinajstić information content (AvgIpc) is 3.06. The molecule has 0 saturated heterocycles. The SMILES string of the molecule is COc1ccc(-c2nccn2S(=O)(=O)c2ccccc2)cc1. The Labute approximate surface area is 128 Å². The molecule has 5 nitrogen and oxygen atoms in total. The lowest BCUT2D eigenvalue weighted by atomic mass is 10.2. The molecule has 0 unspecified atom stereocenters. The number of benzene rings is 2. The molecule has 0 amide bonds. The van der Waals surface area contributed by atoms with Crippen molar-refractivity contribution in [2.75, 3.05) is 7.11 Å². The van der Waals surface area contributed by atoms with E-state index in [1.165, 1.54) is 16.4 Å². The van der Waals surface area contributed by atoms with Gasteiger partial charge in [0.1, 0.15) is 5.75 Å². The third kappa shape index (κ3) is 2.48. The van der Waals surface area contributed by atoms with Crippen LogP contribution in [0.4, 0.5) is 0 Å². The lowest BCUT2D eigenvalue weighted by Gasteiger charge is -2.09. The van der Waals surface area contributed by atoms with Crippen molar-refractivity contribution in [1.29, 1.82) is 0 Å². The zero-order chi connectivity index (χ0) is 15.6.